The van der Waals surface area contributed by atoms with Crippen molar-refractivity contribution in [1.29, 1.82) is 0 Å². The molecule has 146 valence electrons. The highest BCUT2D eigenvalue weighted by molar-refractivity contribution is 5.93. The molecule has 3 heterocycles. The number of pyridine rings is 1. The van der Waals surface area contributed by atoms with Crippen LogP contribution in [-0.4, -0.2) is 37.2 Å². The summed E-state index contributed by atoms with van der Waals surface area (Å²) in [6.45, 7) is 0.0438. The highest BCUT2D eigenvalue weighted by Gasteiger charge is 2.12. The van der Waals surface area contributed by atoms with Crippen molar-refractivity contribution in [2.24, 2.45) is 0 Å². The minimum atomic E-state index is -0.601. The summed E-state index contributed by atoms with van der Waals surface area (Å²) >= 11 is 0. The Balaban J connectivity index is 1.45. The molecule has 0 aliphatic heterocycles. The third-order valence-corrected chi connectivity index (χ3v) is 4.34. The molecule has 1 aromatic carbocycles. The number of halogens is 1. The number of rotatable bonds is 5. The molecule has 0 saturated heterocycles. The molecule has 0 fully saturated rings. The molecule has 10 heteroatoms. The predicted molar refractivity (Wildman–Crippen MR) is 103 cm³/mol. The number of fused-ring (bicyclic) bond motifs is 1. The number of carbonyl (C=O) groups is 1. The second-order valence-electron chi connectivity index (χ2n) is 6.22. The van der Waals surface area contributed by atoms with Gasteiger partial charge in [0.15, 0.2) is 0 Å². The van der Waals surface area contributed by atoms with Crippen molar-refractivity contribution in [3.05, 3.63) is 81.0 Å². The third kappa shape index (κ3) is 3.68. The molecule has 0 radical (unpaired) electrons. The number of nitrogens with zero attached hydrogens (tertiary/aromatic N) is 3. The molecule has 0 bridgehead atoms. The number of amides is 1. The number of carbonyl (C=O) groups excluding carboxylic acids is 1. The Morgan fingerprint density at radius 2 is 1.97 bits per heavy atom. The predicted octanol–water partition coefficient (Wildman–Crippen LogP) is 1.04. The zero-order valence-corrected chi connectivity index (χ0v) is 15.0. The molecule has 9 nitrogen and oxygen atoms in total. The lowest BCUT2D eigenvalue weighted by Gasteiger charge is -2.07. The van der Waals surface area contributed by atoms with Crippen LogP contribution in [0.25, 0.3) is 22.3 Å². The van der Waals surface area contributed by atoms with Gasteiger partial charge in [-0.15, -0.1) is 0 Å². The Morgan fingerprint density at radius 1 is 1.17 bits per heavy atom. The van der Waals surface area contributed by atoms with Crippen LogP contribution in [0.15, 0.2) is 58.3 Å². The van der Waals surface area contributed by atoms with Gasteiger partial charge in [0, 0.05) is 24.8 Å². The maximum atomic E-state index is 13.0. The third-order valence-electron chi connectivity index (χ3n) is 4.34. The SMILES string of the molecule is O=C(NCCn1c(=O)[nH]c2ncccc2c1=O)c1cc(-c2ccc(F)cc2)n[nH]1. The number of hydrogen-bond acceptors (Lipinski definition) is 5. The van der Waals surface area contributed by atoms with E-state index in [1.165, 1.54) is 24.4 Å². The molecular weight excluding hydrogens is 379 g/mol. The van der Waals surface area contributed by atoms with Gasteiger partial charge in [0.1, 0.15) is 17.2 Å². The number of nitrogens with one attached hydrogen (secondary N) is 3. The van der Waals surface area contributed by atoms with Crippen molar-refractivity contribution >= 4 is 16.9 Å². The van der Waals surface area contributed by atoms with E-state index < -0.39 is 17.2 Å². The Morgan fingerprint density at radius 3 is 2.76 bits per heavy atom. The normalized spacial score (nSPS) is 10.9. The maximum absolute atomic E-state index is 13.0. The van der Waals surface area contributed by atoms with Crippen LogP contribution < -0.4 is 16.6 Å². The van der Waals surface area contributed by atoms with Gasteiger partial charge in [-0.05, 0) is 42.5 Å². The summed E-state index contributed by atoms with van der Waals surface area (Å²) in [7, 11) is 0. The maximum Gasteiger partial charge on any atom is 0.330 e. The van der Waals surface area contributed by atoms with Crippen molar-refractivity contribution in [3.63, 3.8) is 0 Å². The molecule has 1 amide bonds. The molecule has 0 unspecified atom stereocenters. The van der Waals surface area contributed by atoms with E-state index in [1.807, 2.05) is 0 Å². The van der Waals surface area contributed by atoms with Crippen molar-refractivity contribution < 1.29 is 9.18 Å². The molecule has 0 saturated carbocycles. The molecule has 0 aliphatic carbocycles. The molecule has 3 aromatic heterocycles. The fourth-order valence-electron chi connectivity index (χ4n) is 2.87. The largest absolute Gasteiger partial charge is 0.349 e. The second kappa shape index (κ2) is 7.50. The zero-order chi connectivity index (χ0) is 20.4. The summed E-state index contributed by atoms with van der Waals surface area (Å²) in [6.07, 6.45) is 1.48. The van der Waals surface area contributed by atoms with Crippen LogP contribution in [0.1, 0.15) is 10.5 Å². The molecule has 0 atom stereocenters. The molecule has 0 aliphatic rings. The van der Waals surface area contributed by atoms with Crippen molar-refractivity contribution in [2.75, 3.05) is 6.54 Å². The molecule has 0 spiro atoms. The molecule has 29 heavy (non-hydrogen) atoms. The summed E-state index contributed by atoms with van der Waals surface area (Å²) in [5.74, 6) is -0.810. The quantitative estimate of drug-likeness (QED) is 0.466. The van der Waals surface area contributed by atoms with E-state index in [-0.39, 0.29) is 35.6 Å². The number of hydrogen-bond donors (Lipinski definition) is 3. The smallest absolute Gasteiger partial charge is 0.330 e. The Labute approximate surface area is 162 Å². The summed E-state index contributed by atoms with van der Waals surface area (Å²) in [4.78, 5) is 43.3. The standard InChI is InChI=1S/C19H15FN6O3/c20-12-5-3-11(4-6-12)14-10-15(25-24-14)17(27)22-8-9-26-18(28)13-2-1-7-21-16(13)23-19(26)29/h1-7,10H,8-9H2,(H,22,27)(H,24,25)(H,21,23,29). The van der Waals surface area contributed by atoms with Gasteiger partial charge in [0.2, 0.25) is 0 Å². The Hall–Kier alpha value is -4.08. The van der Waals surface area contributed by atoms with E-state index in [9.17, 15) is 18.8 Å². The van der Waals surface area contributed by atoms with Gasteiger partial charge in [-0.25, -0.2) is 14.2 Å². The van der Waals surface area contributed by atoms with Gasteiger partial charge in [0.05, 0.1) is 11.1 Å². The monoisotopic (exact) mass is 394 g/mol. The number of benzene rings is 1. The minimum absolute atomic E-state index is 0.0102. The van der Waals surface area contributed by atoms with Crippen molar-refractivity contribution in [1.82, 2.24) is 30.0 Å². The number of aromatic amines is 2. The lowest BCUT2D eigenvalue weighted by molar-refractivity contribution is 0.0947. The molecule has 3 N–H and O–H groups in total. The Bertz CT molecular complexity index is 1310. The number of H-pyrrole nitrogens is 2. The topological polar surface area (TPSA) is 126 Å². The number of aromatic nitrogens is 5. The molecular formula is C19H15FN6O3. The molecule has 4 aromatic rings. The fraction of sp³-hybridized carbons (Fsp3) is 0.105. The first-order valence-corrected chi connectivity index (χ1v) is 8.70. The van der Waals surface area contributed by atoms with Gasteiger partial charge in [-0.2, -0.15) is 5.10 Å². The minimum Gasteiger partial charge on any atom is -0.349 e. The summed E-state index contributed by atoms with van der Waals surface area (Å²) in [5, 5.41) is 9.57. The van der Waals surface area contributed by atoms with Crippen LogP contribution in [0.5, 0.6) is 0 Å². The van der Waals surface area contributed by atoms with Crippen LogP contribution in [0.2, 0.25) is 0 Å². The molecule has 4 rings (SSSR count). The second-order valence-corrected chi connectivity index (χ2v) is 6.22. The van der Waals surface area contributed by atoms with Crippen LogP contribution in [0.4, 0.5) is 4.39 Å². The summed E-state index contributed by atoms with van der Waals surface area (Å²) in [6, 6.07) is 10.4. The van der Waals surface area contributed by atoms with Gasteiger partial charge >= 0.3 is 5.69 Å². The summed E-state index contributed by atoms with van der Waals surface area (Å²) < 4.78 is 14.0. The lowest BCUT2D eigenvalue weighted by atomic mass is 10.1. The van der Waals surface area contributed by atoms with Crippen molar-refractivity contribution in [2.45, 2.75) is 6.54 Å². The van der Waals surface area contributed by atoms with Crippen LogP contribution in [-0.2, 0) is 6.54 Å². The van der Waals surface area contributed by atoms with E-state index in [4.69, 9.17) is 0 Å². The first-order valence-electron chi connectivity index (χ1n) is 8.70. The average Bonchev–Trinajstić information content (AvgIpc) is 3.21. The van der Waals surface area contributed by atoms with E-state index in [2.05, 4.69) is 25.5 Å². The zero-order valence-electron chi connectivity index (χ0n) is 15.0. The highest BCUT2D eigenvalue weighted by atomic mass is 19.1. The van der Waals surface area contributed by atoms with E-state index in [1.54, 1.807) is 24.3 Å². The van der Waals surface area contributed by atoms with Gasteiger partial charge in [0.25, 0.3) is 11.5 Å². The summed E-state index contributed by atoms with van der Waals surface area (Å²) in [5.41, 5.74) is 0.484. The average molecular weight is 394 g/mol. The van der Waals surface area contributed by atoms with Gasteiger partial charge in [-0.1, -0.05) is 0 Å². The van der Waals surface area contributed by atoms with Crippen LogP contribution in [0.3, 0.4) is 0 Å². The Kier molecular flexibility index (Phi) is 4.73. The van der Waals surface area contributed by atoms with E-state index >= 15 is 0 Å². The fourth-order valence-corrected chi connectivity index (χ4v) is 2.87. The van der Waals surface area contributed by atoms with E-state index in [0.717, 1.165) is 4.57 Å². The van der Waals surface area contributed by atoms with E-state index in [0.29, 0.717) is 11.3 Å². The lowest BCUT2D eigenvalue weighted by Crippen LogP contribution is -2.39. The first kappa shape index (κ1) is 18.3. The van der Waals surface area contributed by atoms with Crippen LogP contribution >= 0.6 is 0 Å². The highest BCUT2D eigenvalue weighted by Crippen LogP contribution is 2.17. The van der Waals surface area contributed by atoms with Crippen LogP contribution in [0, 0.1) is 5.82 Å². The van der Waals surface area contributed by atoms with Gasteiger partial charge < -0.3 is 5.32 Å². The van der Waals surface area contributed by atoms with Gasteiger partial charge in [-0.3, -0.25) is 24.2 Å². The van der Waals surface area contributed by atoms with Crippen molar-refractivity contribution in [3.8, 4) is 11.3 Å². The first-order chi connectivity index (χ1) is 14.0.